The molecule has 2 aliphatic rings. The van der Waals surface area contributed by atoms with Gasteiger partial charge in [0.15, 0.2) is 0 Å². The number of aromatic nitrogens is 3. The molecule has 30 heavy (non-hydrogen) atoms. The van der Waals surface area contributed by atoms with Gasteiger partial charge in [-0.15, -0.1) is 0 Å². The van der Waals surface area contributed by atoms with Crippen LogP contribution in [0.2, 0.25) is 0 Å². The Bertz CT molecular complexity index is 871. The number of fused-ring (bicyclic) bond motifs is 1. The molecule has 3 heterocycles. The van der Waals surface area contributed by atoms with Gasteiger partial charge in [0.1, 0.15) is 11.6 Å². The van der Waals surface area contributed by atoms with Crippen molar-refractivity contribution in [1.82, 2.24) is 19.4 Å². The van der Waals surface area contributed by atoms with E-state index in [1.165, 1.54) is 0 Å². The third kappa shape index (κ3) is 4.37. The summed E-state index contributed by atoms with van der Waals surface area (Å²) >= 11 is 0. The van der Waals surface area contributed by atoms with E-state index < -0.39 is 0 Å². The highest BCUT2D eigenvalue weighted by molar-refractivity contribution is 5.82. The summed E-state index contributed by atoms with van der Waals surface area (Å²) in [5.41, 5.74) is 4.00. The molecule has 164 valence electrons. The summed E-state index contributed by atoms with van der Waals surface area (Å²) in [7, 11) is 1.73. The van der Waals surface area contributed by atoms with Crippen LogP contribution in [-0.2, 0) is 27.2 Å². The van der Waals surface area contributed by atoms with E-state index in [1.54, 1.807) is 7.11 Å². The predicted molar refractivity (Wildman–Crippen MR) is 115 cm³/mol. The summed E-state index contributed by atoms with van der Waals surface area (Å²) in [6.45, 7) is 6.48. The van der Waals surface area contributed by atoms with E-state index in [2.05, 4.69) is 34.4 Å². The highest BCUT2D eigenvalue weighted by atomic mass is 16.5. The topological polar surface area (TPSA) is 69.5 Å². The number of methoxy groups -OCH3 is 1. The molecular weight excluding hydrogens is 380 g/mol. The second kappa shape index (κ2) is 9.43. The van der Waals surface area contributed by atoms with Crippen molar-refractivity contribution in [3.8, 4) is 0 Å². The Hall–Kier alpha value is -1.99. The summed E-state index contributed by atoms with van der Waals surface area (Å²) in [6.07, 6.45) is 8.43. The highest BCUT2D eigenvalue weighted by Gasteiger charge is 2.40. The van der Waals surface area contributed by atoms with E-state index in [0.29, 0.717) is 12.6 Å². The fourth-order valence-corrected chi connectivity index (χ4v) is 4.45. The van der Waals surface area contributed by atoms with E-state index in [9.17, 15) is 4.79 Å². The number of imidazole rings is 1. The van der Waals surface area contributed by atoms with Crippen molar-refractivity contribution >= 4 is 16.9 Å². The Morgan fingerprint density at radius 2 is 2.20 bits per heavy atom. The third-order valence-electron chi connectivity index (χ3n) is 6.28. The standard InChI is InChI=1S/C23H34N4O3/c1-4-18-22-20(26(15-24-22)11-7-12-29-3)14-19(25-18)16(2)27(17-9-10-17)23(28)21-8-5-6-13-30-21/h14-17,21H,4-13H2,1-3H3/t16-,21-/m1/s1. The first-order valence-corrected chi connectivity index (χ1v) is 11.4. The minimum absolute atomic E-state index is 0.0763. The van der Waals surface area contributed by atoms with Crippen molar-refractivity contribution in [3.63, 3.8) is 0 Å². The van der Waals surface area contributed by atoms with E-state index in [4.69, 9.17) is 14.5 Å². The van der Waals surface area contributed by atoms with Crippen LogP contribution in [0.15, 0.2) is 12.4 Å². The fraction of sp³-hybridized carbons (Fsp3) is 0.696. The molecule has 0 bridgehead atoms. The van der Waals surface area contributed by atoms with Gasteiger partial charge in [-0.25, -0.2) is 4.98 Å². The van der Waals surface area contributed by atoms with Gasteiger partial charge < -0.3 is 18.9 Å². The molecule has 2 aromatic heterocycles. The molecule has 1 saturated heterocycles. The Labute approximate surface area is 178 Å². The zero-order valence-electron chi connectivity index (χ0n) is 18.5. The van der Waals surface area contributed by atoms with Crippen LogP contribution < -0.4 is 0 Å². The number of carbonyl (C=O) groups is 1. The number of ether oxygens (including phenoxy) is 2. The van der Waals surface area contributed by atoms with Crippen molar-refractivity contribution in [2.75, 3.05) is 20.3 Å². The maximum atomic E-state index is 13.3. The number of amides is 1. The molecule has 2 atom stereocenters. The first-order valence-electron chi connectivity index (χ1n) is 11.4. The molecule has 1 amide bonds. The summed E-state index contributed by atoms with van der Waals surface area (Å²) < 4.78 is 13.2. The molecule has 2 aromatic rings. The van der Waals surface area contributed by atoms with E-state index in [0.717, 1.165) is 80.5 Å². The molecule has 0 N–H and O–H groups in total. The number of rotatable bonds is 9. The molecule has 0 radical (unpaired) electrons. The van der Waals surface area contributed by atoms with Crippen LogP contribution in [0.25, 0.3) is 11.0 Å². The Morgan fingerprint density at radius 1 is 1.37 bits per heavy atom. The second-order valence-corrected chi connectivity index (χ2v) is 8.51. The van der Waals surface area contributed by atoms with E-state index in [-0.39, 0.29) is 18.1 Å². The minimum Gasteiger partial charge on any atom is -0.385 e. The number of nitrogens with zero attached hydrogens (tertiary/aromatic N) is 4. The molecule has 0 aromatic carbocycles. The lowest BCUT2D eigenvalue weighted by Crippen LogP contribution is -2.44. The van der Waals surface area contributed by atoms with E-state index >= 15 is 0 Å². The van der Waals surface area contributed by atoms with Crippen molar-refractivity contribution in [3.05, 3.63) is 23.8 Å². The van der Waals surface area contributed by atoms with Gasteiger partial charge in [0.2, 0.25) is 0 Å². The lowest BCUT2D eigenvalue weighted by molar-refractivity contribution is -0.149. The normalized spacial score (nSPS) is 20.4. The average molecular weight is 415 g/mol. The molecule has 1 aliphatic heterocycles. The summed E-state index contributed by atoms with van der Waals surface area (Å²) in [6, 6.07) is 2.36. The molecule has 2 fully saturated rings. The van der Waals surface area contributed by atoms with Gasteiger partial charge in [0.05, 0.1) is 29.3 Å². The highest BCUT2D eigenvalue weighted by Crippen LogP contribution is 2.36. The van der Waals surface area contributed by atoms with Crippen LogP contribution in [0.1, 0.15) is 69.8 Å². The Morgan fingerprint density at radius 3 is 2.87 bits per heavy atom. The number of carbonyl (C=O) groups excluding carboxylic acids is 1. The number of pyridine rings is 1. The molecule has 1 aliphatic carbocycles. The van der Waals surface area contributed by atoms with Crippen LogP contribution in [0.4, 0.5) is 0 Å². The van der Waals surface area contributed by atoms with Gasteiger partial charge in [-0.3, -0.25) is 9.78 Å². The van der Waals surface area contributed by atoms with Gasteiger partial charge in [-0.05, 0) is 57.9 Å². The zero-order chi connectivity index (χ0) is 21.1. The minimum atomic E-state index is -0.296. The van der Waals surface area contributed by atoms with Crippen molar-refractivity contribution in [1.29, 1.82) is 0 Å². The largest absolute Gasteiger partial charge is 0.385 e. The third-order valence-corrected chi connectivity index (χ3v) is 6.28. The van der Waals surface area contributed by atoms with Crippen LogP contribution >= 0.6 is 0 Å². The maximum Gasteiger partial charge on any atom is 0.252 e. The number of hydrogen-bond acceptors (Lipinski definition) is 5. The fourth-order valence-electron chi connectivity index (χ4n) is 4.45. The predicted octanol–water partition coefficient (Wildman–Crippen LogP) is 3.65. The van der Waals surface area contributed by atoms with E-state index in [1.807, 2.05) is 6.33 Å². The molecule has 1 saturated carbocycles. The second-order valence-electron chi connectivity index (χ2n) is 8.51. The summed E-state index contributed by atoms with van der Waals surface area (Å²) in [5, 5.41) is 0. The number of aryl methyl sites for hydroxylation is 2. The SMILES string of the molecule is CCc1nc([C@@H](C)N(C(=O)[C@H]2CCCCO2)C2CC2)cc2c1ncn2CCCOC. The first kappa shape index (κ1) is 21.2. The monoisotopic (exact) mass is 414 g/mol. The van der Waals surface area contributed by atoms with Crippen LogP contribution in [0.3, 0.4) is 0 Å². The lowest BCUT2D eigenvalue weighted by Gasteiger charge is -2.34. The summed E-state index contributed by atoms with van der Waals surface area (Å²) in [5.74, 6) is 0.137. The average Bonchev–Trinajstić information content (AvgIpc) is 3.53. The van der Waals surface area contributed by atoms with Crippen molar-refractivity contribution in [2.24, 2.45) is 0 Å². The molecular formula is C23H34N4O3. The van der Waals surface area contributed by atoms with Crippen LogP contribution in [-0.4, -0.2) is 57.8 Å². The molecule has 0 spiro atoms. The van der Waals surface area contributed by atoms with Crippen molar-refractivity contribution < 1.29 is 14.3 Å². The molecule has 0 unspecified atom stereocenters. The van der Waals surface area contributed by atoms with Gasteiger partial charge in [-0.2, -0.15) is 0 Å². The molecule has 7 nitrogen and oxygen atoms in total. The Kier molecular flexibility index (Phi) is 6.68. The Balaban J connectivity index is 1.64. The van der Waals surface area contributed by atoms with Gasteiger partial charge in [0.25, 0.3) is 5.91 Å². The van der Waals surface area contributed by atoms with Crippen LogP contribution in [0.5, 0.6) is 0 Å². The van der Waals surface area contributed by atoms with Crippen LogP contribution in [0, 0.1) is 0 Å². The molecule has 7 heteroatoms. The van der Waals surface area contributed by atoms with Crippen molar-refractivity contribution in [2.45, 2.75) is 83.5 Å². The number of hydrogen-bond donors (Lipinski definition) is 0. The lowest BCUT2D eigenvalue weighted by atomic mass is 10.1. The quantitative estimate of drug-likeness (QED) is 0.586. The van der Waals surface area contributed by atoms with Gasteiger partial charge >= 0.3 is 0 Å². The summed E-state index contributed by atoms with van der Waals surface area (Å²) in [4.78, 5) is 25.0. The van der Waals surface area contributed by atoms with Gasteiger partial charge in [-0.1, -0.05) is 6.92 Å². The zero-order valence-corrected chi connectivity index (χ0v) is 18.5. The smallest absolute Gasteiger partial charge is 0.252 e. The van der Waals surface area contributed by atoms with Gasteiger partial charge in [0, 0.05) is 32.9 Å². The first-order chi connectivity index (χ1) is 14.6. The maximum absolute atomic E-state index is 13.3. The molecule has 4 rings (SSSR count).